The first-order valence-electron chi connectivity index (χ1n) is 5.12. The fourth-order valence-corrected chi connectivity index (χ4v) is 1.77. The van der Waals surface area contributed by atoms with Crippen LogP contribution in [-0.4, -0.2) is 6.29 Å². The van der Waals surface area contributed by atoms with Crippen LogP contribution in [-0.2, 0) is 0 Å². The summed E-state index contributed by atoms with van der Waals surface area (Å²) >= 11 is 0. The number of aryl methyl sites for hydroxylation is 1. The molecule has 1 nitrogen and oxygen atoms in total. The van der Waals surface area contributed by atoms with Gasteiger partial charge in [0, 0.05) is 5.56 Å². The average molecular weight is 232 g/mol. The molecule has 0 heterocycles. The van der Waals surface area contributed by atoms with Gasteiger partial charge in [0.25, 0.3) is 0 Å². The molecule has 0 atom stereocenters. The Balaban J connectivity index is 2.66. The van der Waals surface area contributed by atoms with E-state index in [0.29, 0.717) is 23.0 Å². The number of hydrogen-bond donors (Lipinski definition) is 0. The third kappa shape index (κ3) is 2.38. The summed E-state index contributed by atoms with van der Waals surface area (Å²) in [6, 6.07) is 8.21. The molecule has 0 saturated carbocycles. The van der Waals surface area contributed by atoms with Crippen molar-refractivity contribution in [2.45, 2.75) is 6.92 Å². The number of rotatable bonds is 2. The zero-order valence-electron chi connectivity index (χ0n) is 9.21. The van der Waals surface area contributed by atoms with E-state index in [-0.39, 0.29) is 0 Å². The van der Waals surface area contributed by atoms with Crippen molar-refractivity contribution in [3.8, 4) is 11.1 Å². The molecule has 0 amide bonds. The minimum atomic E-state index is -0.451. The van der Waals surface area contributed by atoms with Crippen molar-refractivity contribution in [3.05, 3.63) is 59.2 Å². The molecular weight excluding hydrogens is 222 g/mol. The largest absolute Gasteiger partial charge is 0.298 e. The zero-order valence-corrected chi connectivity index (χ0v) is 9.21. The second-order valence-electron chi connectivity index (χ2n) is 3.87. The van der Waals surface area contributed by atoms with Crippen molar-refractivity contribution < 1.29 is 13.6 Å². The first kappa shape index (κ1) is 11.5. The van der Waals surface area contributed by atoms with Crippen LogP contribution in [0.15, 0.2) is 36.4 Å². The Kier molecular flexibility index (Phi) is 3.00. The van der Waals surface area contributed by atoms with Crippen LogP contribution in [0.1, 0.15) is 15.9 Å². The maximum Gasteiger partial charge on any atom is 0.150 e. The van der Waals surface area contributed by atoms with Crippen molar-refractivity contribution >= 4 is 6.29 Å². The van der Waals surface area contributed by atoms with Crippen LogP contribution < -0.4 is 0 Å². The monoisotopic (exact) mass is 232 g/mol. The van der Waals surface area contributed by atoms with E-state index in [2.05, 4.69) is 0 Å². The molecule has 0 bridgehead atoms. The predicted octanol–water partition coefficient (Wildman–Crippen LogP) is 3.75. The van der Waals surface area contributed by atoms with Gasteiger partial charge in [0.1, 0.15) is 11.6 Å². The van der Waals surface area contributed by atoms with Gasteiger partial charge in [0.2, 0.25) is 0 Å². The maximum atomic E-state index is 13.3. The molecular formula is C14H10F2O. The van der Waals surface area contributed by atoms with Gasteiger partial charge in [0.05, 0.1) is 0 Å². The summed E-state index contributed by atoms with van der Waals surface area (Å²) in [5, 5.41) is 0. The summed E-state index contributed by atoms with van der Waals surface area (Å²) in [5.74, 6) is -0.853. The maximum absolute atomic E-state index is 13.3. The molecule has 2 rings (SSSR count). The number of carbonyl (C=O) groups excluding carboxylic acids is 1. The summed E-state index contributed by atoms with van der Waals surface area (Å²) in [6.07, 6.45) is 0.634. The number of benzene rings is 2. The van der Waals surface area contributed by atoms with Gasteiger partial charge in [-0.25, -0.2) is 8.78 Å². The average Bonchev–Trinajstić information content (AvgIpc) is 2.27. The molecule has 0 saturated heterocycles. The summed E-state index contributed by atoms with van der Waals surface area (Å²) in [4.78, 5) is 10.9. The second-order valence-corrected chi connectivity index (χ2v) is 3.87. The van der Waals surface area contributed by atoms with Crippen LogP contribution in [0, 0.1) is 18.6 Å². The van der Waals surface area contributed by atoms with Gasteiger partial charge in [-0.05, 0) is 53.9 Å². The van der Waals surface area contributed by atoms with Crippen molar-refractivity contribution in [2.24, 2.45) is 0 Å². The van der Waals surface area contributed by atoms with Gasteiger partial charge in [-0.15, -0.1) is 0 Å². The fraction of sp³-hybridized carbons (Fsp3) is 0.0714. The van der Waals surface area contributed by atoms with Crippen LogP contribution in [0.3, 0.4) is 0 Å². The lowest BCUT2D eigenvalue weighted by Gasteiger charge is -2.06. The summed E-state index contributed by atoms with van der Waals surface area (Å²) in [7, 11) is 0. The topological polar surface area (TPSA) is 17.1 Å². The normalized spacial score (nSPS) is 10.3. The summed E-state index contributed by atoms with van der Waals surface area (Å²) in [6.45, 7) is 1.74. The lowest BCUT2D eigenvalue weighted by molar-refractivity contribution is 0.112. The number of hydrogen-bond acceptors (Lipinski definition) is 1. The van der Waals surface area contributed by atoms with Gasteiger partial charge in [0.15, 0.2) is 6.29 Å². The van der Waals surface area contributed by atoms with Crippen molar-refractivity contribution in [1.82, 2.24) is 0 Å². The van der Waals surface area contributed by atoms with Gasteiger partial charge >= 0.3 is 0 Å². The van der Waals surface area contributed by atoms with Gasteiger partial charge in [-0.1, -0.05) is 6.07 Å². The Morgan fingerprint density at radius 1 is 1.00 bits per heavy atom. The van der Waals surface area contributed by atoms with E-state index in [1.165, 1.54) is 30.3 Å². The Bertz CT molecular complexity index is 556. The van der Waals surface area contributed by atoms with E-state index < -0.39 is 11.6 Å². The molecule has 0 radical (unpaired) electrons. The third-order valence-corrected chi connectivity index (χ3v) is 2.50. The van der Waals surface area contributed by atoms with Crippen LogP contribution in [0.5, 0.6) is 0 Å². The number of carbonyl (C=O) groups is 1. The lowest BCUT2D eigenvalue weighted by atomic mass is 9.98. The Labute approximate surface area is 97.7 Å². The molecule has 0 aromatic heterocycles. The Morgan fingerprint density at radius 3 is 2.41 bits per heavy atom. The molecule has 0 fully saturated rings. The van der Waals surface area contributed by atoms with E-state index in [1.807, 2.05) is 0 Å². The van der Waals surface area contributed by atoms with Crippen LogP contribution in [0.25, 0.3) is 11.1 Å². The van der Waals surface area contributed by atoms with Gasteiger partial charge in [-0.3, -0.25) is 4.79 Å². The van der Waals surface area contributed by atoms with Crippen molar-refractivity contribution in [3.63, 3.8) is 0 Å². The lowest BCUT2D eigenvalue weighted by Crippen LogP contribution is -1.91. The summed E-state index contributed by atoms with van der Waals surface area (Å²) in [5.41, 5.74) is 1.98. The minimum Gasteiger partial charge on any atom is -0.298 e. The molecule has 0 aliphatic carbocycles. The van der Waals surface area contributed by atoms with E-state index in [9.17, 15) is 13.6 Å². The molecule has 0 unspecified atom stereocenters. The molecule has 2 aromatic rings. The third-order valence-electron chi connectivity index (χ3n) is 2.50. The Hall–Kier alpha value is -2.03. The highest BCUT2D eigenvalue weighted by atomic mass is 19.1. The molecule has 0 spiro atoms. The van der Waals surface area contributed by atoms with Gasteiger partial charge < -0.3 is 0 Å². The fourth-order valence-electron chi connectivity index (χ4n) is 1.77. The number of halogens is 2. The van der Waals surface area contributed by atoms with Crippen LogP contribution in [0.4, 0.5) is 8.78 Å². The van der Waals surface area contributed by atoms with E-state index in [0.717, 1.165) is 5.56 Å². The second kappa shape index (κ2) is 4.45. The highest BCUT2D eigenvalue weighted by Gasteiger charge is 2.08. The quantitative estimate of drug-likeness (QED) is 0.720. The number of aldehydes is 1. The Morgan fingerprint density at radius 2 is 1.76 bits per heavy atom. The first-order chi connectivity index (χ1) is 8.10. The standard InChI is InChI=1S/C14H10F2O/c1-9-4-11(6-13(16)5-9)14-7-12(15)3-2-10(14)8-17/h2-8H,1H3. The smallest absolute Gasteiger partial charge is 0.150 e. The molecule has 3 heteroatoms. The molecule has 0 aliphatic heterocycles. The SMILES string of the molecule is Cc1cc(F)cc(-c2cc(F)ccc2C=O)c1. The first-order valence-corrected chi connectivity index (χ1v) is 5.12. The van der Waals surface area contributed by atoms with Gasteiger partial charge in [-0.2, -0.15) is 0 Å². The molecule has 0 N–H and O–H groups in total. The highest BCUT2D eigenvalue weighted by Crippen LogP contribution is 2.25. The van der Waals surface area contributed by atoms with Crippen LogP contribution >= 0.6 is 0 Å². The predicted molar refractivity (Wildman–Crippen MR) is 61.9 cm³/mol. The van der Waals surface area contributed by atoms with Crippen molar-refractivity contribution in [1.29, 1.82) is 0 Å². The minimum absolute atomic E-state index is 0.344. The van der Waals surface area contributed by atoms with E-state index in [4.69, 9.17) is 0 Å². The summed E-state index contributed by atoms with van der Waals surface area (Å²) < 4.78 is 26.4. The molecule has 0 aliphatic rings. The molecule has 86 valence electrons. The molecule has 2 aromatic carbocycles. The highest BCUT2D eigenvalue weighted by molar-refractivity contribution is 5.87. The van der Waals surface area contributed by atoms with E-state index in [1.54, 1.807) is 13.0 Å². The molecule has 17 heavy (non-hydrogen) atoms. The zero-order chi connectivity index (χ0) is 12.4. The van der Waals surface area contributed by atoms with E-state index >= 15 is 0 Å². The van der Waals surface area contributed by atoms with Crippen LogP contribution in [0.2, 0.25) is 0 Å². The van der Waals surface area contributed by atoms with Crippen molar-refractivity contribution in [2.75, 3.05) is 0 Å².